The van der Waals surface area contributed by atoms with Gasteiger partial charge in [0.15, 0.2) is 0 Å². The predicted octanol–water partition coefficient (Wildman–Crippen LogP) is -2.26. The Hall–Kier alpha value is 3.74. The molecule has 0 nitrogen and oxygen atoms in total. The van der Waals surface area contributed by atoms with E-state index in [0.29, 0.717) is 0 Å². The van der Waals surface area contributed by atoms with Gasteiger partial charge >= 0.3 is 96.2 Å². The van der Waals surface area contributed by atoms with E-state index in [-0.39, 0.29) is 97.6 Å². The Balaban J connectivity index is -0.00000000167. The van der Waals surface area contributed by atoms with Crippen molar-refractivity contribution in [1.29, 1.82) is 0 Å². The number of hydrogen-bond donors (Lipinski definition) is 0. The summed E-state index contributed by atoms with van der Waals surface area (Å²) in [6, 6.07) is 0. The summed E-state index contributed by atoms with van der Waals surface area (Å²) in [4.78, 5) is 0. The van der Waals surface area contributed by atoms with Gasteiger partial charge < -0.3 is 1.43 Å². The maximum absolute atomic E-state index is 4.45. The van der Waals surface area contributed by atoms with Crippen LogP contribution in [0.2, 0.25) is 0 Å². The molecule has 0 amide bonds. The zero-order chi connectivity index (χ0) is 2.00. The van der Waals surface area contributed by atoms with E-state index >= 15 is 0 Å². The zero-order valence-electron chi connectivity index (χ0n) is 3.46. The van der Waals surface area contributed by atoms with E-state index in [1.165, 1.54) is 0 Å². The van der Waals surface area contributed by atoms with E-state index in [1.807, 2.05) is 0 Å². The molecule has 4 heavy (non-hydrogen) atoms. The molecule has 0 aromatic heterocycles. The summed E-state index contributed by atoms with van der Waals surface area (Å²) in [6.45, 7) is 0. The average molecular weight is 458 g/mol. The van der Waals surface area contributed by atoms with Gasteiger partial charge in [0.2, 0.25) is 0 Å². The van der Waals surface area contributed by atoms with E-state index < -0.39 is 0 Å². The van der Waals surface area contributed by atoms with E-state index in [4.69, 9.17) is 0 Å². The first-order chi connectivity index (χ1) is 1.00. The fraction of sp³-hybridized carbons (Fsp3) is 0. The van der Waals surface area contributed by atoms with Crippen molar-refractivity contribution in [3.63, 3.8) is 0 Å². The molecule has 0 aliphatic heterocycles. The summed E-state index contributed by atoms with van der Waals surface area (Å²) >= 11 is 2.41. The van der Waals surface area contributed by atoms with Gasteiger partial charge in [-0.3, -0.25) is 0 Å². The van der Waals surface area contributed by atoms with Gasteiger partial charge in [-0.25, -0.2) is 0 Å². The molecule has 22 valence electrons. The molecule has 0 spiro atoms. The van der Waals surface area contributed by atoms with E-state index in [9.17, 15) is 0 Å². The molecule has 0 saturated heterocycles. The predicted molar refractivity (Wildman–Crippen MR) is 24.4 cm³/mol. The van der Waals surface area contributed by atoms with Crippen molar-refractivity contribution in [3.05, 3.63) is 0 Å². The van der Waals surface area contributed by atoms with Crippen molar-refractivity contribution >= 4 is 52.4 Å². The summed E-state index contributed by atoms with van der Waals surface area (Å²) in [5, 5.41) is 0. The summed E-state index contributed by atoms with van der Waals surface area (Å²) in [5.74, 6) is 0. The van der Waals surface area contributed by atoms with Crippen LogP contribution in [0.15, 0.2) is 0 Å². The van der Waals surface area contributed by atoms with Gasteiger partial charge in [-0.05, 0) is 10.1 Å². The van der Waals surface area contributed by atoms with Crippen LogP contribution in [0.5, 0.6) is 0 Å². The molecular formula is H3BrClCsPb. The van der Waals surface area contributed by atoms with Crippen LogP contribution in [-0.2, 0) is 0 Å². The fourth-order valence-corrected chi connectivity index (χ4v) is 0. The van der Waals surface area contributed by atoms with Crippen molar-refractivity contribution < 1.29 is 70.3 Å². The molecule has 0 unspecified atom stereocenters. The molecule has 4 heteroatoms. The van der Waals surface area contributed by atoms with Crippen molar-refractivity contribution in [3.8, 4) is 0 Å². The molecule has 0 fully saturated rings. The maximum atomic E-state index is 4.45. The van der Waals surface area contributed by atoms with Crippen molar-refractivity contribution in [2.24, 2.45) is 0 Å². The third kappa shape index (κ3) is 9.22. The molecule has 0 aliphatic rings. The van der Waals surface area contributed by atoms with Gasteiger partial charge in [0.05, 0.1) is 0 Å². The molecule has 0 heterocycles. The van der Waals surface area contributed by atoms with Crippen LogP contribution in [-0.4, -0.2) is 27.3 Å². The Bertz CT molecular complexity index is 11.6. The standard InChI is InChI=1S/BrCl.Cs.Pb.3H/c1-2;;;;;/q;+1;;;;-1. The number of halogens is 2. The van der Waals surface area contributed by atoms with Crippen LogP contribution in [0.3, 0.4) is 0 Å². The third-order valence-corrected chi connectivity index (χ3v) is 0. The van der Waals surface area contributed by atoms with Gasteiger partial charge in [0.1, 0.15) is 0 Å². The number of rotatable bonds is 0. The monoisotopic (exact) mass is 458 g/mol. The minimum absolute atomic E-state index is 0. The molecule has 0 atom stereocenters. The molecule has 0 rings (SSSR count). The van der Waals surface area contributed by atoms with Crippen LogP contribution >= 0.6 is 25.1 Å². The molecule has 0 N–H and O–H groups in total. The van der Waals surface area contributed by atoms with Crippen LogP contribution in [0.1, 0.15) is 1.43 Å². The summed E-state index contributed by atoms with van der Waals surface area (Å²) < 4.78 is 0. The average Bonchev–Trinajstić information content (AvgIpc) is 1.00. The summed E-state index contributed by atoms with van der Waals surface area (Å²) in [5.41, 5.74) is 0. The van der Waals surface area contributed by atoms with Crippen LogP contribution < -0.4 is 68.9 Å². The topological polar surface area (TPSA) is 0 Å². The van der Waals surface area contributed by atoms with Gasteiger partial charge in [-0.1, -0.05) is 0 Å². The van der Waals surface area contributed by atoms with Gasteiger partial charge in [0.25, 0.3) is 0 Å². The Morgan fingerprint density at radius 2 is 1.50 bits per heavy atom. The van der Waals surface area contributed by atoms with Crippen molar-refractivity contribution in [1.82, 2.24) is 0 Å². The van der Waals surface area contributed by atoms with E-state index in [1.54, 1.807) is 0 Å². The van der Waals surface area contributed by atoms with Crippen LogP contribution in [0, 0.1) is 0 Å². The normalized spacial score (nSPS) is 1.50. The molecule has 0 saturated carbocycles. The second-order valence-corrected chi connectivity index (χ2v) is 0. The van der Waals surface area contributed by atoms with Gasteiger partial charge in [0, 0.05) is 15.0 Å². The minimum atomic E-state index is 0. The van der Waals surface area contributed by atoms with E-state index in [2.05, 4.69) is 25.1 Å². The molecule has 2 radical (unpaired) electrons. The number of hydrogen-bond acceptors (Lipinski definition) is 0. The van der Waals surface area contributed by atoms with Gasteiger partial charge in [-0.2, -0.15) is 0 Å². The first-order valence-electron chi connectivity index (χ1n) is 0.143. The van der Waals surface area contributed by atoms with Crippen molar-refractivity contribution in [2.75, 3.05) is 0 Å². The summed E-state index contributed by atoms with van der Waals surface area (Å²) in [7, 11) is 4.45. The second kappa shape index (κ2) is 15.9. The van der Waals surface area contributed by atoms with Gasteiger partial charge in [-0.15, -0.1) is 0 Å². The molecule has 0 aromatic carbocycles. The zero-order valence-corrected chi connectivity index (χ0v) is 16.6. The first-order valence-corrected chi connectivity index (χ1v) is 2.23. The van der Waals surface area contributed by atoms with E-state index in [0.717, 1.165) is 0 Å². The Morgan fingerprint density at radius 3 is 1.50 bits per heavy atom. The Morgan fingerprint density at radius 1 is 1.50 bits per heavy atom. The van der Waals surface area contributed by atoms with Crippen molar-refractivity contribution in [2.45, 2.75) is 0 Å². The SMILES string of the molecule is ClBr.[Cs+].[H-].[PbH2]. The van der Waals surface area contributed by atoms with Crippen LogP contribution in [0.25, 0.3) is 0 Å². The quantitative estimate of drug-likeness (QED) is 0.360. The molecular weight excluding hydrogens is 455 g/mol. The Labute approximate surface area is 119 Å². The molecule has 0 aliphatic carbocycles. The Kier molecular flexibility index (Phi) is 62.1. The second-order valence-electron chi connectivity index (χ2n) is 0. The van der Waals surface area contributed by atoms with Crippen LogP contribution in [0.4, 0.5) is 0 Å². The summed E-state index contributed by atoms with van der Waals surface area (Å²) in [6.07, 6.45) is 0. The third-order valence-electron chi connectivity index (χ3n) is 0. The molecule has 0 bridgehead atoms. The molecule has 0 aromatic rings. The first kappa shape index (κ1) is 15.6. The fourth-order valence-electron chi connectivity index (χ4n) is 0.